The van der Waals surface area contributed by atoms with Gasteiger partial charge < -0.3 is 10.1 Å². The van der Waals surface area contributed by atoms with E-state index in [0.717, 1.165) is 11.3 Å². The smallest absolute Gasteiger partial charge is 0.153 e. The summed E-state index contributed by atoms with van der Waals surface area (Å²) in [6.07, 6.45) is -0.198. The van der Waals surface area contributed by atoms with E-state index in [-0.39, 0.29) is 6.23 Å². The van der Waals surface area contributed by atoms with Gasteiger partial charge in [0.2, 0.25) is 0 Å². The third-order valence-corrected chi connectivity index (χ3v) is 2.69. The highest BCUT2D eigenvalue weighted by atomic mass is 35.5. The maximum atomic E-state index is 5.97. The van der Waals surface area contributed by atoms with Crippen LogP contribution in [0.15, 0.2) is 54.6 Å². The highest BCUT2D eigenvalue weighted by Crippen LogP contribution is 2.22. The van der Waals surface area contributed by atoms with Gasteiger partial charge in [0.1, 0.15) is 0 Å². The number of hydrogen-bond donors (Lipinski definition) is 1. The summed E-state index contributed by atoms with van der Waals surface area (Å²) >= 11 is 5.97. The number of methoxy groups -OCH3 is 1. The van der Waals surface area contributed by atoms with E-state index in [9.17, 15) is 0 Å². The van der Waals surface area contributed by atoms with Crippen LogP contribution in [0.2, 0.25) is 5.02 Å². The van der Waals surface area contributed by atoms with E-state index < -0.39 is 0 Å². The molecule has 0 aliphatic carbocycles. The maximum Gasteiger partial charge on any atom is 0.153 e. The van der Waals surface area contributed by atoms with Crippen molar-refractivity contribution in [2.75, 3.05) is 12.4 Å². The van der Waals surface area contributed by atoms with E-state index >= 15 is 0 Å². The van der Waals surface area contributed by atoms with Gasteiger partial charge in [0, 0.05) is 23.4 Å². The van der Waals surface area contributed by atoms with Crippen LogP contribution in [0.4, 0.5) is 5.69 Å². The van der Waals surface area contributed by atoms with Crippen molar-refractivity contribution in [2.24, 2.45) is 0 Å². The van der Waals surface area contributed by atoms with E-state index in [4.69, 9.17) is 16.3 Å². The largest absolute Gasteiger partial charge is 0.357 e. The molecule has 0 radical (unpaired) electrons. The predicted octanol–water partition coefficient (Wildman–Crippen LogP) is 4.10. The van der Waals surface area contributed by atoms with Gasteiger partial charge >= 0.3 is 0 Å². The number of ether oxygens (including phenoxy) is 1. The number of nitrogens with one attached hydrogen (secondary N) is 1. The molecule has 88 valence electrons. The summed E-state index contributed by atoms with van der Waals surface area (Å²) in [4.78, 5) is 0. The summed E-state index contributed by atoms with van der Waals surface area (Å²) in [6, 6.07) is 17.6. The Bertz CT molecular complexity index is 473. The molecule has 2 nitrogen and oxygen atoms in total. The summed E-state index contributed by atoms with van der Waals surface area (Å²) in [5, 5.41) is 4.00. The molecule has 0 aliphatic rings. The molecule has 2 aromatic carbocycles. The van der Waals surface area contributed by atoms with Crippen molar-refractivity contribution in [3.8, 4) is 0 Å². The fourth-order valence-corrected chi connectivity index (χ4v) is 1.83. The van der Waals surface area contributed by atoms with Crippen molar-refractivity contribution in [1.29, 1.82) is 0 Å². The highest BCUT2D eigenvalue weighted by Gasteiger charge is 2.09. The average Bonchev–Trinajstić information content (AvgIpc) is 2.37. The third-order valence-electron chi connectivity index (χ3n) is 2.46. The van der Waals surface area contributed by atoms with Gasteiger partial charge in [0.25, 0.3) is 0 Å². The van der Waals surface area contributed by atoms with Crippen molar-refractivity contribution in [3.05, 3.63) is 65.2 Å². The fourth-order valence-electron chi connectivity index (χ4n) is 1.63. The number of benzene rings is 2. The van der Waals surface area contributed by atoms with Gasteiger partial charge in [-0.15, -0.1) is 0 Å². The van der Waals surface area contributed by atoms with Crippen LogP contribution in [-0.4, -0.2) is 7.11 Å². The normalized spacial score (nSPS) is 12.1. The van der Waals surface area contributed by atoms with Gasteiger partial charge in [-0.1, -0.05) is 41.9 Å². The van der Waals surface area contributed by atoms with Crippen molar-refractivity contribution in [3.63, 3.8) is 0 Å². The second kappa shape index (κ2) is 5.71. The Morgan fingerprint density at radius 3 is 2.47 bits per heavy atom. The van der Waals surface area contributed by atoms with Gasteiger partial charge in [-0.2, -0.15) is 0 Å². The zero-order chi connectivity index (χ0) is 12.1. The lowest BCUT2D eigenvalue weighted by Gasteiger charge is -2.18. The maximum absolute atomic E-state index is 5.97. The number of halogens is 1. The molecule has 1 N–H and O–H groups in total. The first-order valence-electron chi connectivity index (χ1n) is 5.39. The van der Waals surface area contributed by atoms with E-state index in [1.165, 1.54) is 0 Å². The van der Waals surface area contributed by atoms with Crippen LogP contribution in [0.3, 0.4) is 0 Å². The number of anilines is 1. The molecular formula is C14H14ClNO. The number of para-hydroxylation sites is 1. The molecule has 1 atom stereocenters. The van der Waals surface area contributed by atoms with Crippen LogP contribution in [0.25, 0.3) is 0 Å². The van der Waals surface area contributed by atoms with Crippen LogP contribution in [0.1, 0.15) is 11.8 Å². The minimum atomic E-state index is -0.198. The van der Waals surface area contributed by atoms with Crippen molar-refractivity contribution < 1.29 is 4.74 Å². The molecular weight excluding hydrogens is 234 g/mol. The SMILES string of the molecule is COC(Nc1ccccc1)c1cccc(Cl)c1. The standard InChI is InChI=1S/C14H14ClNO/c1-17-14(11-6-5-7-12(15)10-11)16-13-8-3-2-4-9-13/h2-10,14,16H,1H3. The first-order chi connectivity index (χ1) is 8.29. The van der Waals surface area contributed by atoms with Gasteiger partial charge in [-0.25, -0.2) is 0 Å². The molecule has 1 unspecified atom stereocenters. The summed E-state index contributed by atoms with van der Waals surface area (Å²) in [6.45, 7) is 0. The van der Waals surface area contributed by atoms with Crippen LogP contribution in [0, 0.1) is 0 Å². The molecule has 0 spiro atoms. The average molecular weight is 248 g/mol. The van der Waals surface area contributed by atoms with Crippen LogP contribution >= 0.6 is 11.6 Å². The molecule has 0 heterocycles. The molecule has 0 saturated heterocycles. The molecule has 3 heteroatoms. The van der Waals surface area contributed by atoms with Gasteiger partial charge in [-0.05, 0) is 24.3 Å². The van der Waals surface area contributed by atoms with Crippen molar-refractivity contribution >= 4 is 17.3 Å². The Balaban J connectivity index is 2.17. The van der Waals surface area contributed by atoms with E-state index in [2.05, 4.69) is 5.32 Å². The quantitative estimate of drug-likeness (QED) is 0.822. The summed E-state index contributed by atoms with van der Waals surface area (Å²) in [5.41, 5.74) is 2.02. The molecule has 0 aliphatic heterocycles. The first-order valence-corrected chi connectivity index (χ1v) is 5.77. The van der Waals surface area contributed by atoms with Gasteiger partial charge in [0.05, 0.1) is 0 Å². The number of rotatable bonds is 4. The summed E-state index contributed by atoms with van der Waals surface area (Å²) < 4.78 is 5.43. The zero-order valence-electron chi connectivity index (χ0n) is 9.56. The Kier molecular flexibility index (Phi) is 4.02. The van der Waals surface area contributed by atoms with Crippen LogP contribution < -0.4 is 5.32 Å². The molecule has 2 rings (SSSR count). The Morgan fingerprint density at radius 1 is 1.06 bits per heavy atom. The second-order valence-corrected chi connectivity index (χ2v) is 4.12. The Hall–Kier alpha value is -1.51. The topological polar surface area (TPSA) is 21.3 Å². The highest BCUT2D eigenvalue weighted by molar-refractivity contribution is 6.30. The Morgan fingerprint density at radius 2 is 1.82 bits per heavy atom. The minimum absolute atomic E-state index is 0.198. The molecule has 0 bridgehead atoms. The lowest BCUT2D eigenvalue weighted by molar-refractivity contribution is 0.127. The molecule has 17 heavy (non-hydrogen) atoms. The van der Waals surface area contributed by atoms with E-state index in [0.29, 0.717) is 5.02 Å². The van der Waals surface area contributed by atoms with Gasteiger partial charge in [-0.3, -0.25) is 0 Å². The Labute approximate surface area is 106 Å². The van der Waals surface area contributed by atoms with Crippen molar-refractivity contribution in [1.82, 2.24) is 0 Å². The molecule has 0 amide bonds. The minimum Gasteiger partial charge on any atom is -0.357 e. The van der Waals surface area contributed by atoms with Crippen LogP contribution in [0.5, 0.6) is 0 Å². The fraction of sp³-hybridized carbons (Fsp3) is 0.143. The molecule has 2 aromatic rings. The molecule has 0 aromatic heterocycles. The monoisotopic (exact) mass is 247 g/mol. The summed E-state index contributed by atoms with van der Waals surface area (Å²) in [5.74, 6) is 0. The third kappa shape index (κ3) is 3.22. The first kappa shape index (κ1) is 12.0. The molecule has 0 fully saturated rings. The molecule has 0 saturated carbocycles. The zero-order valence-corrected chi connectivity index (χ0v) is 10.3. The van der Waals surface area contributed by atoms with Crippen molar-refractivity contribution in [2.45, 2.75) is 6.23 Å². The lowest BCUT2D eigenvalue weighted by atomic mass is 10.2. The lowest BCUT2D eigenvalue weighted by Crippen LogP contribution is -2.12. The number of hydrogen-bond acceptors (Lipinski definition) is 2. The van der Waals surface area contributed by atoms with E-state index in [1.807, 2.05) is 54.6 Å². The predicted molar refractivity (Wildman–Crippen MR) is 71.3 cm³/mol. The van der Waals surface area contributed by atoms with Gasteiger partial charge in [0.15, 0.2) is 6.23 Å². The second-order valence-electron chi connectivity index (χ2n) is 3.68. The van der Waals surface area contributed by atoms with Crippen LogP contribution in [-0.2, 0) is 4.74 Å². The summed E-state index contributed by atoms with van der Waals surface area (Å²) in [7, 11) is 1.67. The van der Waals surface area contributed by atoms with E-state index in [1.54, 1.807) is 7.11 Å².